The maximum atomic E-state index is 7.76. The monoisotopic (exact) mass is 410 g/mol. The Labute approximate surface area is 180 Å². The van der Waals surface area contributed by atoms with Crippen LogP contribution >= 0.6 is 12.6 Å². The Bertz CT molecular complexity index is 487. The Kier molecular flexibility index (Phi) is 9.38. The van der Waals surface area contributed by atoms with Gasteiger partial charge in [0, 0.05) is 23.9 Å². The Balaban J connectivity index is 0.000000419. The van der Waals surface area contributed by atoms with E-state index in [4.69, 9.17) is 5.11 Å². The lowest BCUT2D eigenvalue weighted by molar-refractivity contribution is -0.0819. The van der Waals surface area contributed by atoms with Gasteiger partial charge >= 0.3 is 0 Å². The summed E-state index contributed by atoms with van der Waals surface area (Å²) in [6.07, 6.45) is 11.6. The third-order valence-electron chi connectivity index (χ3n) is 8.43. The van der Waals surface area contributed by atoms with Crippen molar-refractivity contribution in [3.8, 4) is 0 Å². The molecule has 3 nitrogen and oxygen atoms in total. The minimum Gasteiger partial charge on any atom is -0.392 e. The number of rotatable bonds is 4. The van der Waals surface area contributed by atoms with E-state index in [-0.39, 0.29) is 6.61 Å². The molecule has 2 aliphatic heterocycles. The minimum absolute atomic E-state index is 0.0833. The first-order valence-corrected chi connectivity index (χ1v) is 12.5. The molecule has 2 saturated heterocycles. The Morgan fingerprint density at radius 1 is 1.11 bits per heavy atom. The van der Waals surface area contributed by atoms with Crippen molar-refractivity contribution in [3.05, 3.63) is 12.7 Å². The van der Waals surface area contributed by atoms with Crippen molar-refractivity contribution in [1.29, 1.82) is 0 Å². The van der Waals surface area contributed by atoms with Crippen molar-refractivity contribution in [2.75, 3.05) is 32.0 Å². The zero-order valence-electron chi connectivity index (χ0n) is 18.9. The van der Waals surface area contributed by atoms with Crippen molar-refractivity contribution < 1.29 is 5.11 Å². The number of aliphatic hydroxyl groups excluding tert-OH is 1. The standard InChI is InChI=1S/C19H34N2S.C3H6O.C2H6/c1-18-9-6-16-14(7-12-21-11-3-8-19(16,21)2)15(18)4-5-17(18)20-10-13-22;1-2-3-4;1-2/h14-17,20,22H,3-13H2,1-2H3;2,4H,1,3H2;1-2H3. The van der Waals surface area contributed by atoms with Crippen molar-refractivity contribution in [2.24, 2.45) is 23.2 Å². The van der Waals surface area contributed by atoms with E-state index in [0.717, 1.165) is 36.1 Å². The number of piperidine rings is 1. The summed E-state index contributed by atoms with van der Waals surface area (Å²) in [4.78, 5) is 2.85. The zero-order valence-corrected chi connectivity index (χ0v) is 19.8. The van der Waals surface area contributed by atoms with Crippen LogP contribution in [0.2, 0.25) is 0 Å². The van der Waals surface area contributed by atoms with Gasteiger partial charge in [0.05, 0.1) is 6.61 Å². The van der Waals surface area contributed by atoms with Crippen LogP contribution in [0.4, 0.5) is 0 Å². The molecule has 0 aromatic rings. The van der Waals surface area contributed by atoms with E-state index in [2.05, 4.69) is 43.3 Å². The predicted molar refractivity (Wildman–Crippen MR) is 125 cm³/mol. The van der Waals surface area contributed by atoms with Gasteiger partial charge in [-0.15, -0.1) is 6.58 Å². The van der Waals surface area contributed by atoms with Crippen LogP contribution in [0.5, 0.6) is 0 Å². The first-order chi connectivity index (χ1) is 13.5. The predicted octanol–water partition coefficient (Wildman–Crippen LogP) is 4.77. The van der Waals surface area contributed by atoms with Crippen molar-refractivity contribution in [3.63, 3.8) is 0 Å². The van der Waals surface area contributed by atoms with Crippen molar-refractivity contribution in [1.82, 2.24) is 10.2 Å². The third kappa shape index (κ3) is 4.50. The van der Waals surface area contributed by atoms with Gasteiger partial charge in [-0.25, -0.2) is 0 Å². The van der Waals surface area contributed by atoms with Gasteiger partial charge in [-0.3, -0.25) is 4.90 Å². The maximum absolute atomic E-state index is 7.76. The van der Waals surface area contributed by atoms with Crippen LogP contribution in [0.3, 0.4) is 0 Å². The molecule has 28 heavy (non-hydrogen) atoms. The number of hydrogen-bond donors (Lipinski definition) is 3. The van der Waals surface area contributed by atoms with Gasteiger partial charge in [0.15, 0.2) is 0 Å². The highest BCUT2D eigenvalue weighted by Crippen LogP contribution is 2.61. The number of nitrogens with zero attached hydrogens (tertiary/aromatic N) is 1. The lowest BCUT2D eigenvalue weighted by Gasteiger charge is -2.58. The second-order valence-electron chi connectivity index (χ2n) is 9.44. The number of hydrogen-bond acceptors (Lipinski definition) is 4. The average molecular weight is 411 g/mol. The van der Waals surface area contributed by atoms with E-state index in [0.29, 0.717) is 11.0 Å². The Hall–Kier alpha value is -0.0300. The fourth-order valence-corrected chi connectivity index (χ4v) is 7.30. The summed E-state index contributed by atoms with van der Waals surface area (Å²) in [5.74, 6) is 3.92. The quantitative estimate of drug-likeness (QED) is 0.462. The van der Waals surface area contributed by atoms with Gasteiger partial charge < -0.3 is 10.4 Å². The molecular formula is C24H46N2OS. The Morgan fingerprint density at radius 2 is 1.82 bits per heavy atom. The van der Waals surface area contributed by atoms with Crippen molar-refractivity contribution >= 4 is 12.6 Å². The molecule has 0 aromatic carbocycles. The van der Waals surface area contributed by atoms with Crippen LogP contribution in [0, 0.1) is 23.2 Å². The molecular weight excluding hydrogens is 364 g/mol. The van der Waals surface area contributed by atoms with Crippen LogP contribution in [0.1, 0.15) is 72.6 Å². The summed E-state index contributed by atoms with van der Waals surface area (Å²) < 4.78 is 0. The van der Waals surface area contributed by atoms with Crippen LogP contribution in [0.15, 0.2) is 12.7 Å². The molecule has 0 bridgehead atoms. The fraction of sp³-hybridized carbons (Fsp3) is 0.917. The molecule has 0 aromatic heterocycles. The number of fused-ring (bicyclic) bond motifs is 5. The van der Waals surface area contributed by atoms with Crippen LogP contribution in [-0.4, -0.2) is 53.6 Å². The highest BCUT2D eigenvalue weighted by atomic mass is 32.1. The number of aliphatic hydroxyl groups is 1. The minimum atomic E-state index is 0.0833. The van der Waals surface area contributed by atoms with Gasteiger partial charge in [-0.2, -0.15) is 12.6 Å². The molecule has 4 rings (SSSR count). The van der Waals surface area contributed by atoms with E-state index < -0.39 is 0 Å². The second-order valence-corrected chi connectivity index (χ2v) is 9.88. The first kappa shape index (κ1) is 24.2. The van der Waals surface area contributed by atoms with Crippen LogP contribution in [-0.2, 0) is 0 Å². The molecule has 4 fully saturated rings. The molecule has 0 radical (unpaired) electrons. The van der Waals surface area contributed by atoms with E-state index in [1.54, 1.807) is 0 Å². The van der Waals surface area contributed by atoms with E-state index >= 15 is 0 Å². The number of nitrogens with one attached hydrogen (secondary N) is 1. The summed E-state index contributed by atoms with van der Waals surface area (Å²) in [6, 6.07) is 0.750. The summed E-state index contributed by atoms with van der Waals surface area (Å²) in [7, 11) is 0. The molecule has 4 aliphatic rings. The zero-order chi connectivity index (χ0) is 20.8. The highest BCUT2D eigenvalue weighted by molar-refractivity contribution is 7.80. The lowest BCUT2D eigenvalue weighted by atomic mass is 9.53. The molecule has 0 spiro atoms. The normalized spacial score (nSPS) is 41.5. The molecule has 6 unspecified atom stereocenters. The maximum Gasteiger partial charge on any atom is 0.0609 e. The molecule has 2 saturated carbocycles. The van der Waals surface area contributed by atoms with Gasteiger partial charge in [-0.05, 0) is 88.1 Å². The van der Waals surface area contributed by atoms with Gasteiger partial charge in [0.1, 0.15) is 0 Å². The lowest BCUT2D eigenvalue weighted by Crippen LogP contribution is -2.60. The highest BCUT2D eigenvalue weighted by Gasteiger charge is 2.59. The summed E-state index contributed by atoms with van der Waals surface area (Å²) in [6.45, 7) is 16.3. The molecule has 2 aliphatic carbocycles. The number of thiol groups is 1. The molecule has 4 heteroatoms. The molecule has 6 atom stereocenters. The molecule has 0 amide bonds. The van der Waals surface area contributed by atoms with Gasteiger partial charge in [-0.1, -0.05) is 26.8 Å². The fourth-order valence-electron chi connectivity index (χ4n) is 7.17. The summed E-state index contributed by atoms with van der Waals surface area (Å²) >= 11 is 4.40. The first-order valence-electron chi connectivity index (χ1n) is 11.8. The summed E-state index contributed by atoms with van der Waals surface area (Å²) in [5, 5.41) is 11.6. The van der Waals surface area contributed by atoms with Crippen molar-refractivity contribution in [2.45, 2.75) is 84.2 Å². The SMILES string of the molecule is C=CCO.CC.CC12CCC3C(CCN4CCCC34C)C1CCC2NCCS. The second kappa shape index (κ2) is 10.8. The molecule has 2 heterocycles. The van der Waals surface area contributed by atoms with Crippen LogP contribution in [0.25, 0.3) is 0 Å². The average Bonchev–Trinajstić information content (AvgIpc) is 3.27. The van der Waals surface area contributed by atoms with Gasteiger partial charge in [0.2, 0.25) is 0 Å². The smallest absolute Gasteiger partial charge is 0.0609 e. The van der Waals surface area contributed by atoms with E-state index in [1.807, 2.05) is 13.8 Å². The van der Waals surface area contributed by atoms with Gasteiger partial charge in [0.25, 0.3) is 0 Å². The topological polar surface area (TPSA) is 35.5 Å². The van der Waals surface area contributed by atoms with E-state index in [1.165, 1.54) is 64.1 Å². The molecule has 2 N–H and O–H groups in total. The van der Waals surface area contributed by atoms with Crippen LogP contribution < -0.4 is 5.32 Å². The summed E-state index contributed by atoms with van der Waals surface area (Å²) in [5.41, 5.74) is 1.10. The van der Waals surface area contributed by atoms with E-state index in [9.17, 15) is 0 Å². The Morgan fingerprint density at radius 3 is 2.46 bits per heavy atom. The largest absolute Gasteiger partial charge is 0.392 e. The molecule has 164 valence electrons. The third-order valence-corrected chi connectivity index (χ3v) is 8.66.